The van der Waals surface area contributed by atoms with Gasteiger partial charge in [0.1, 0.15) is 40.9 Å². The van der Waals surface area contributed by atoms with E-state index in [1.54, 1.807) is 67.8 Å². The van der Waals surface area contributed by atoms with Gasteiger partial charge in [-0.3, -0.25) is 0 Å². The zero-order chi connectivity index (χ0) is 30.4. The molecule has 0 spiro atoms. The van der Waals surface area contributed by atoms with Gasteiger partial charge in [-0.1, -0.05) is 18.2 Å². The topological polar surface area (TPSA) is 117 Å². The molecule has 0 amide bonds. The second kappa shape index (κ2) is 13.4. The van der Waals surface area contributed by atoms with Gasteiger partial charge in [0.2, 0.25) is 0 Å². The van der Waals surface area contributed by atoms with E-state index < -0.39 is 12.1 Å². The number of aryl methyl sites for hydroxylation is 2. The van der Waals surface area contributed by atoms with Gasteiger partial charge in [0.25, 0.3) is 0 Å². The largest absolute Gasteiger partial charge is 0.508 e. The molecule has 0 unspecified atom stereocenters. The van der Waals surface area contributed by atoms with E-state index in [0.29, 0.717) is 30.2 Å². The molecule has 8 heteroatoms. The highest BCUT2D eigenvalue weighted by Crippen LogP contribution is 2.38. The summed E-state index contributed by atoms with van der Waals surface area (Å²) in [6.07, 6.45) is -0.720. The summed E-state index contributed by atoms with van der Waals surface area (Å²) in [6.45, 7) is 8.64. The molecular weight excluding hydrogens is 534 g/mol. The van der Waals surface area contributed by atoms with Gasteiger partial charge >= 0.3 is 5.97 Å². The Morgan fingerprint density at radius 3 is 2.10 bits per heavy atom. The number of aliphatic hydroxyl groups is 1. The van der Waals surface area contributed by atoms with Crippen LogP contribution in [0.1, 0.15) is 45.6 Å². The van der Waals surface area contributed by atoms with E-state index in [1.165, 1.54) is 0 Å². The number of nitrogens with one attached hydrogen (secondary N) is 1. The zero-order valence-electron chi connectivity index (χ0n) is 24.5. The average molecular weight is 572 g/mol. The molecule has 2 atom stereocenters. The van der Waals surface area contributed by atoms with Crippen molar-refractivity contribution in [1.29, 1.82) is 0 Å². The number of carbonyl (C=O) groups is 1. The fourth-order valence-electron chi connectivity index (χ4n) is 4.91. The molecule has 0 heterocycles. The smallest absolute Gasteiger partial charge is 0.339 e. The van der Waals surface area contributed by atoms with Crippen LogP contribution in [-0.4, -0.2) is 47.6 Å². The first-order valence-corrected chi connectivity index (χ1v) is 13.7. The van der Waals surface area contributed by atoms with Crippen LogP contribution >= 0.6 is 0 Å². The summed E-state index contributed by atoms with van der Waals surface area (Å²) in [7, 11) is 1.58. The summed E-state index contributed by atoms with van der Waals surface area (Å²) in [5.74, 6) is 1.34. The van der Waals surface area contributed by atoms with E-state index in [9.17, 15) is 20.1 Å². The maximum Gasteiger partial charge on any atom is 0.339 e. The van der Waals surface area contributed by atoms with Gasteiger partial charge < -0.3 is 34.8 Å². The third-order valence-corrected chi connectivity index (χ3v) is 7.21. The molecular formula is C34H37NO7. The van der Waals surface area contributed by atoms with Crippen LogP contribution in [-0.2, 0) is 0 Å². The van der Waals surface area contributed by atoms with Crippen LogP contribution < -0.4 is 19.5 Å². The summed E-state index contributed by atoms with van der Waals surface area (Å²) in [6, 6.07) is 20.7. The number of hydrogen-bond acceptors (Lipinski definition) is 7. The van der Waals surface area contributed by atoms with E-state index in [4.69, 9.17) is 14.2 Å². The average Bonchev–Trinajstić information content (AvgIpc) is 2.97. The lowest BCUT2D eigenvalue weighted by Crippen LogP contribution is -2.35. The van der Waals surface area contributed by atoms with Crippen LogP contribution in [0.4, 0.5) is 0 Å². The second-order valence-electron chi connectivity index (χ2n) is 10.3. The van der Waals surface area contributed by atoms with Gasteiger partial charge in [-0.2, -0.15) is 0 Å². The summed E-state index contributed by atoms with van der Waals surface area (Å²) in [5.41, 5.74) is 5.19. The van der Waals surface area contributed by atoms with E-state index in [0.717, 1.165) is 33.6 Å². The molecule has 4 aromatic rings. The van der Waals surface area contributed by atoms with Crippen LogP contribution in [0.2, 0.25) is 0 Å². The van der Waals surface area contributed by atoms with Gasteiger partial charge in [0.15, 0.2) is 0 Å². The lowest BCUT2D eigenvalue weighted by atomic mass is 9.94. The minimum atomic E-state index is -1.07. The Bertz CT molecular complexity index is 1510. The maximum absolute atomic E-state index is 12.0. The van der Waals surface area contributed by atoms with E-state index >= 15 is 0 Å². The quantitative estimate of drug-likeness (QED) is 0.141. The first-order valence-electron chi connectivity index (χ1n) is 13.7. The number of phenols is 1. The molecule has 8 nitrogen and oxygen atoms in total. The van der Waals surface area contributed by atoms with Crippen molar-refractivity contribution in [1.82, 2.24) is 5.32 Å². The first-order chi connectivity index (χ1) is 20.1. The van der Waals surface area contributed by atoms with Crippen molar-refractivity contribution in [3.63, 3.8) is 0 Å². The number of carboxylic acid groups (broad SMARTS) is 1. The normalized spacial score (nSPS) is 12.4. The Morgan fingerprint density at radius 2 is 1.50 bits per heavy atom. The molecule has 0 saturated carbocycles. The predicted octanol–water partition coefficient (Wildman–Crippen LogP) is 6.57. The monoisotopic (exact) mass is 571 g/mol. The lowest BCUT2D eigenvalue weighted by molar-refractivity contribution is 0.0694. The fraction of sp³-hybridized carbons (Fsp3) is 0.265. The fourth-order valence-corrected chi connectivity index (χ4v) is 4.91. The second-order valence-corrected chi connectivity index (χ2v) is 10.3. The number of methoxy groups -OCH3 is 1. The first kappa shape index (κ1) is 30.4. The number of rotatable bonds is 12. The Morgan fingerprint density at radius 1 is 0.881 bits per heavy atom. The van der Waals surface area contributed by atoms with Crippen LogP contribution in [0, 0.1) is 20.8 Å². The maximum atomic E-state index is 12.0. The summed E-state index contributed by atoms with van der Waals surface area (Å²) >= 11 is 0. The van der Waals surface area contributed by atoms with Crippen LogP contribution in [0.25, 0.3) is 11.1 Å². The number of carboxylic acids is 1. The van der Waals surface area contributed by atoms with Gasteiger partial charge in [-0.05, 0) is 110 Å². The Balaban J connectivity index is 1.47. The van der Waals surface area contributed by atoms with Gasteiger partial charge in [0.05, 0.1) is 13.2 Å². The summed E-state index contributed by atoms with van der Waals surface area (Å²) in [4.78, 5) is 12.0. The lowest BCUT2D eigenvalue weighted by Gasteiger charge is -2.21. The van der Waals surface area contributed by atoms with Crippen LogP contribution in [0.3, 0.4) is 0 Å². The Labute approximate surface area is 246 Å². The minimum absolute atomic E-state index is 0.0812. The van der Waals surface area contributed by atoms with Crippen molar-refractivity contribution in [2.75, 3.05) is 20.3 Å². The molecule has 42 heavy (non-hydrogen) atoms. The molecule has 4 rings (SSSR count). The molecule has 0 saturated heterocycles. The molecule has 4 N–H and O–H groups in total. The third-order valence-electron chi connectivity index (χ3n) is 7.21. The Hall–Kier alpha value is -4.53. The van der Waals surface area contributed by atoms with Crippen molar-refractivity contribution in [2.24, 2.45) is 0 Å². The predicted molar refractivity (Wildman–Crippen MR) is 162 cm³/mol. The molecule has 4 aromatic carbocycles. The van der Waals surface area contributed by atoms with Crippen molar-refractivity contribution in [3.8, 4) is 39.9 Å². The highest BCUT2D eigenvalue weighted by molar-refractivity contribution is 5.93. The molecule has 0 bridgehead atoms. The summed E-state index contributed by atoms with van der Waals surface area (Å²) < 4.78 is 17.4. The molecule has 0 radical (unpaired) electrons. The molecule has 0 aromatic heterocycles. The third kappa shape index (κ3) is 7.02. The molecule has 0 aliphatic heterocycles. The van der Waals surface area contributed by atoms with Crippen LogP contribution in [0.15, 0.2) is 72.8 Å². The van der Waals surface area contributed by atoms with Crippen molar-refractivity contribution >= 4 is 5.97 Å². The van der Waals surface area contributed by atoms with E-state index in [1.807, 2.05) is 39.8 Å². The molecule has 0 fully saturated rings. The van der Waals surface area contributed by atoms with Gasteiger partial charge in [-0.25, -0.2) is 4.79 Å². The van der Waals surface area contributed by atoms with E-state index in [2.05, 4.69) is 5.32 Å². The number of aliphatic hydroxyl groups excluding tert-OH is 1. The van der Waals surface area contributed by atoms with Crippen LogP contribution in [0.5, 0.6) is 28.7 Å². The SMILES string of the molecule is COc1ccc(Oc2c(C(=O)O)ccc(-c3cc(C)c(OCCN[C@H](C)[C@@H](O)c4ccc(O)cc4)c(C)c3)c2C)cc1. The molecule has 0 aliphatic carbocycles. The number of aromatic hydroxyl groups is 1. The van der Waals surface area contributed by atoms with Crippen molar-refractivity contribution < 1.29 is 34.3 Å². The molecule has 0 aliphatic rings. The van der Waals surface area contributed by atoms with Gasteiger partial charge in [-0.15, -0.1) is 0 Å². The standard InChI is InChI=1S/C34H37NO7/c1-20-18-25(19-21(2)32(20)41-17-16-35-23(4)31(37)24-6-8-26(36)9-7-24)29-14-15-30(34(38)39)33(22(29)3)42-28-12-10-27(40-5)11-13-28/h6-15,18-19,23,31,35-37H,16-17H2,1-5H3,(H,38,39)/t23-,31-/m1/s1. The van der Waals surface area contributed by atoms with Gasteiger partial charge in [0, 0.05) is 18.2 Å². The highest BCUT2D eigenvalue weighted by Gasteiger charge is 2.20. The van der Waals surface area contributed by atoms with E-state index in [-0.39, 0.29) is 23.1 Å². The number of ether oxygens (including phenoxy) is 3. The number of hydrogen-bond donors (Lipinski definition) is 4. The number of benzene rings is 4. The van der Waals surface area contributed by atoms with Crippen molar-refractivity contribution in [3.05, 3.63) is 101 Å². The summed E-state index contributed by atoms with van der Waals surface area (Å²) in [5, 5.41) is 33.2. The number of phenolic OH excluding ortho intramolecular Hbond substituents is 1. The Kier molecular flexibility index (Phi) is 9.72. The highest BCUT2D eigenvalue weighted by atomic mass is 16.5. The minimum Gasteiger partial charge on any atom is -0.508 e. The van der Waals surface area contributed by atoms with Crippen molar-refractivity contribution in [2.45, 2.75) is 39.8 Å². The molecule has 220 valence electrons. The zero-order valence-corrected chi connectivity index (χ0v) is 24.5. The number of aromatic carboxylic acids is 1.